The largest absolute Gasteiger partial charge is 0.573 e. The number of ether oxygens (including phenoxy) is 1. The number of carbonyl (C=O) groups excluding carboxylic acids is 1. The highest BCUT2D eigenvalue weighted by molar-refractivity contribution is 9.10. The van der Waals surface area contributed by atoms with Crippen molar-refractivity contribution in [1.29, 1.82) is 0 Å². The monoisotopic (exact) mass is 365 g/mol. The summed E-state index contributed by atoms with van der Waals surface area (Å²) < 4.78 is 41.6. The fourth-order valence-corrected chi connectivity index (χ4v) is 2.81. The first kappa shape index (κ1) is 16.1. The molecule has 0 aromatic heterocycles. The SMILES string of the molecule is CC1CCN(C(=O)c2c(Br)cccc2OC(F)(F)F)CC1. The van der Waals surface area contributed by atoms with Gasteiger partial charge in [-0.05, 0) is 46.8 Å². The van der Waals surface area contributed by atoms with Crippen LogP contribution in [0.25, 0.3) is 0 Å². The molecule has 7 heteroatoms. The molecule has 1 aliphatic heterocycles. The molecule has 3 nitrogen and oxygen atoms in total. The summed E-state index contributed by atoms with van der Waals surface area (Å²) in [5, 5.41) is 0. The second-order valence-corrected chi connectivity index (χ2v) is 5.99. The number of benzene rings is 1. The Morgan fingerprint density at radius 3 is 2.52 bits per heavy atom. The van der Waals surface area contributed by atoms with Gasteiger partial charge in [-0.2, -0.15) is 0 Å². The number of carbonyl (C=O) groups is 1. The zero-order valence-corrected chi connectivity index (χ0v) is 13.0. The number of amides is 1. The topological polar surface area (TPSA) is 29.5 Å². The number of alkyl halides is 3. The highest BCUT2D eigenvalue weighted by Crippen LogP contribution is 2.33. The van der Waals surface area contributed by atoms with E-state index in [9.17, 15) is 18.0 Å². The minimum absolute atomic E-state index is 0.0793. The first-order chi connectivity index (χ1) is 9.78. The number of hydrogen-bond acceptors (Lipinski definition) is 2. The Hall–Kier alpha value is -1.24. The summed E-state index contributed by atoms with van der Waals surface area (Å²) in [7, 11) is 0. The van der Waals surface area contributed by atoms with Crippen molar-refractivity contribution in [3.63, 3.8) is 0 Å². The van der Waals surface area contributed by atoms with Crippen molar-refractivity contribution in [3.05, 3.63) is 28.2 Å². The zero-order chi connectivity index (χ0) is 15.6. The molecule has 116 valence electrons. The normalized spacial score (nSPS) is 16.9. The van der Waals surface area contributed by atoms with E-state index in [0.717, 1.165) is 18.9 Å². The Balaban J connectivity index is 2.27. The fourth-order valence-electron chi connectivity index (χ4n) is 2.29. The number of nitrogens with zero attached hydrogens (tertiary/aromatic N) is 1. The number of likely N-dealkylation sites (tertiary alicyclic amines) is 1. The molecule has 2 rings (SSSR count). The Kier molecular flexibility index (Phi) is 4.81. The van der Waals surface area contributed by atoms with E-state index in [1.54, 1.807) is 4.90 Å². The van der Waals surface area contributed by atoms with E-state index in [0.29, 0.717) is 23.5 Å². The number of piperidine rings is 1. The first-order valence-corrected chi connectivity index (χ1v) is 7.41. The molecule has 1 aromatic carbocycles. The van der Waals surface area contributed by atoms with Crippen LogP contribution in [0.5, 0.6) is 5.75 Å². The van der Waals surface area contributed by atoms with E-state index in [2.05, 4.69) is 27.6 Å². The maximum Gasteiger partial charge on any atom is 0.573 e. The summed E-state index contributed by atoms with van der Waals surface area (Å²) in [4.78, 5) is 14.1. The molecular weight excluding hydrogens is 351 g/mol. The highest BCUT2D eigenvalue weighted by Gasteiger charge is 2.34. The van der Waals surface area contributed by atoms with Gasteiger partial charge >= 0.3 is 6.36 Å². The summed E-state index contributed by atoms with van der Waals surface area (Å²) in [5.41, 5.74) is -0.0793. The molecule has 21 heavy (non-hydrogen) atoms. The minimum Gasteiger partial charge on any atom is -0.405 e. The van der Waals surface area contributed by atoms with Crippen LogP contribution in [0.2, 0.25) is 0 Å². The van der Waals surface area contributed by atoms with Crippen molar-refractivity contribution in [1.82, 2.24) is 4.90 Å². The summed E-state index contributed by atoms with van der Waals surface area (Å²) in [6.07, 6.45) is -3.12. The zero-order valence-electron chi connectivity index (χ0n) is 11.4. The van der Waals surface area contributed by atoms with Gasteiger partial charge in [-0.15, -0.1) is 13.2 Å². The van der Waals surface area contributed by atoms with Gasteiger partial charge in [-0.25, -0.2) is 0 Å². The molecule has 1 fully saturated rings. The Bertz CT molecular complexity index is 525. The average Bonchev–Trinajstić information content (AvgIpc) is 2.37. The van der Waals surface area contributed by atoms with Gasteiger partial charge < -0.3 is 9.64 Å². The molecule has 0 unspecified atom stereocenters. The van der Waals surface area contributed by atoms with Crippen LogP contribution >= 0.6 is 15.9 Å². The molecule has 1 amide bonds. The van der Waals surface area contributed by atoms with E-state index >= 15 is 0 Å². The third-order valence-electron chi connectivity index (χ3n) is 3.49. The second kappa shape index (κ2) is 6.25. The molecule has 0 radical (unpaired) electrons. The lowest BCUT2D eigenvalue weighted by atomic mass is 9.98. The van der Waals surface area contributed by atoms with E-state index in [-0.39, 0.29) is 5.56 Å². The van der Waals surface area contributed by atoms with Gasteiger partial charge in [0.15, 0.2) is 0 Å². The molecule has 0 bridgehead atoms. The van der Waals surface area contributed by atoms with Gasteiger partial charge in [0.25, 0.3) is 5.91 Å². The van der Waals surface area contributed by atoms with Crippen LogP contribution in [0.1, 0.15) is 30.1 Å². The molecule has 0 N–H and O–H groups in total. The predicted molar refractivity (Wildman–Crippen MR) is 75.1 cm³/mol. The van der Waals surface area contributed by atoms with Gasteiger partial charge in [0.1, 0.15) is 5.75 Å². The maximum absolute atomic E-state index is 12.5. The Morgan fingerprint density at radius 2 is 1.95 bits per heavy atom. The van der Waals surface area contributed by atoms with Crippen LogP contribution in [0.3, 0.4) is 0 Å². The van der Waals surface area contributed by atoms with E-state index in [4.69, 9.17) is 0 Å². The molecule has 1 heterocycles. The number of halogens is 4. The second-order valence-electron chi connectivity index (χ2n) is 5.14. The fraction of sp³-hybridized carbons (Fsp3) is 0.500. The summed E-state index contributed by atoms with van der Waals surface area (Å²) >= 11 is 3.14. The van der Waals surface area contributed by atoms with Crippen LogP contribution in [-0.2, 0) is 0 Å². The van der Waals surface area contributed by atoms with Crippen molar-refractivity contribution in [2.24, 2.45) is 5.92 Å². The van der Waals surface area contributed by atoms with Gasteiger partial charge in [0.2, 0.25) is 0 Å². The molecule has 0 aliphatic carbocycles. The lowest BCUT2D eigenvalue weighted by Gasteiger charge is -2.31. The van der Waals surface area contributed by atoms with Crippen LogP contribution < -0.4 is 4.74 Å². The molecule has 1 aromatic rings. The third-order valence-corrected chi connectivity index (χ3v) is 4.15. The van der Waals surface area contributed by atoms with E-state index in [1.807, 2.05) is 0 Å². The molecule has 1 aliphatic rings. The smallest absolute Gasteiger partial charge is 0.405 e. The maximum atomic E-state index is 12.5. The summed E-state index contributed by atoms with van der Waals surface area (Å²) in [6.45, 7) is 3.19. The van der Waals surface area contributed by atoms with Gasteiger partial charge in [0, 0.05) is 17.6 Å². The number of rotatable bonds is 2. The number of hydrogen-bond donors (Lipinski definition) is 0. The molecule has 0 spiro atoms. The van der Waals surface area contributed by atoms with Crippen molar-refractivity contribution >= 4 is 21.8 Å². The standard InChI is InChI=1S/C14H15BrF3NO2/c1-9-5-7-19(8-6-9)13(20)12-10(15)3-2-4-11(12)21-14(16,17)18/h2-4,9H,5-8H2,1H3. The Labute approximate surface area is 129 Å². The van der Waals surface area contributed by atoms with Crippen molar-refractivity contribution in [2.75, 3.05) is 13.1 Å². The minimum atomic E-state index is -4.83. The van der Waals surface area contributed by atoms with Crippen molar-refractivity contribution in [3.8, 4) is 5.75 Å². The third kappa shape index (κ3) is 4.12. The van der Waals surface area contributed by atoms with Crippen molar-refractivity contribution < 1.29 is 22.7 Å². The molecule has 0 atom stereocenters. The lowest BCUT2D eigenvalue weighted by molar-refractivity contribution is -0.274. The molecule has 1 saturated heterocycles. The Morgan fingerprint density at radius 1 is 1.33 bits per heavy atom. The highest BCUT2D eigenvalue weighted by atomic mass is 79.9. The summed E-state index contributed by atoms with van der Waals surface area (Å²) in [6, 6.07) is 4.08. The first-order valence-electron chi connectivity index (χ1n) is 6.61. The van der Waals surface area contributed by atoms with Crippen LogP contribution in [0, 0.1) is 5.92 Å². The van der Waals surface area contributed by atoms with Gasteiger partial charge in [-0.3, -0.25) is 4.79 Å². The van der Waals surface area contributed by atoms with Gasteiger partial charge in [-0.1, -0.05) is 13.0 Å². The van der Waals surface area contributed by atoms with E-state index < -0.39 is 18.0 Å². The lowest BCUT2D eigenvalue weighted by Crippen LogP contribution is -2.38. The summed E-state index contributed by atoms with van der Waals surface area (Å²) in [5.74, 6) is -0.381. The molecular formula is C14H15BrF3NO2. The van der Waals surface area contributed by atoms with E-state index in [1.165, 1.54) is 12.1 Å². The predicted octanol–water partition coefficient (Wildman–Crippen LogP) is 4.22. The average molecular weight is 366 g/mol. The quantitative estimate of drug-likeness (QED) is 0.785. The van der Waals surface area contributed by atoms with Crippen LogP contribution in [0.15, 0.2) is 22.7 Å². The molecule has 0 saturated carbocycles. The van der Waals surface area contributed by atoms with Crippen LogP contribution in [-0.4, -0.2) is 30.3 Å². The van der Waals surface area contributed by atoms with Crippen LogP contribution in [0.4, 0.5) is 13.2 Å². The van der Waals surface area contributed by atoms with Crippen molar-refractivity contribution in [2.45, 2.75) is 26.1 Å². The van der Waals surface area contributed by atoms with Gasteiger partial charge in [0.05, 0.1) is 5.56 Å².